The van der Waals surface area contributed by atoms with Crippen LogP contribution in [0.3, 0.4) is 0 Å². The molecule has 0 spiro atoms. The lowest BCUT2D eigenvalue weighted by Gasteiger charge is -2.27. The van der Waals surface area contributed by atoms with Crippen LogP contribution in [0.25, 0.3) is 0 Å². The molecule has 0 heterocycles. The molecule has 1 aliphatic rings. The fourth-order valence-electron chi connectivity index (χ4n) is 2.18. The molecule has 1 aliphatic carbocycles. The maximum absolute atomic E-state index is 4.06. The standard InChI is InChI=1S/C13H25/c1-3-5-7-12(4-2)10-11-13-8-6-9-13/h12-13H,2-11H2,1H3. The topological polar surface area (TPSA) is 0 Å². The molecule has 1 rings (SSSR count). The van der Waals surface area contributed by atoms with Gasteiger partial charge >= 0.3 is 0 Å². The van der Waals surface area contributed by atoms with Crippen LogP contribution in [0.1, 0.15) is 64.7 Å². The maximum Gasteiger partial charge on any atom is -0.0414 e. The van der Waals surface area contributed by atoms with Gasteiger partial charge in [0.05, 0.1) is 0 Å². The molecule has 0 amide bonds. The van der Waals surface area contributed by atoms with E-state index in [1.807, 2.05) is 0 Å². The summed E-state index contributed by atoms with van der Waals surface area (Å²) in [5, 5.41) is 0. The van der Waals surface area contributed by atoms with Gasteiger partial charge in [0.25, 0.3) is 0 Å². The summed E-state index contributed by atoms with van der Waals surface area (Å²) in [4.78, 5) is 0. The Hall–Kier alpha value is 0. The van der Waals surface area contributed by atoms with Crippen LogP contribution in [0, 0.1) is 18.8 Å². The van der Waals surface area contributed by atoms with Crippen LogP contribution in [0.5, 0.6) is 0 Å². The summed E-state index contributed by atoms with van der Waals surface area (Å²) in [5.74, 6) is 2.02. The maximum atomic E-state index is 4.06. The number of hydrogen-bond donors (Lipinski definition) is 0. The molecule has 0 aromatic heterocycles. The van der Waals surface area contributed by atoms with Crippen LogP contribution in [-0.4, -0.2) is 0 Å². The van der Waals surface area contributed by atoms with Gasteiger partial charge in [-0.15, -0.1) is 0 Å². The van der Waals surface area contributed by atoms with E-state index in [4.69, 9.17) is 0 Å². The van der Waals surface area contributed by atoms with Crippen molar-refractivity contribution in [3.63, 3.8) is 0 Å². The van der Waals surface area contributed by atoms with Gasteiger partial charge in [-0.05, 0) is 11.8 Å². The predicted octanol–water partition coefficient (Wildman–Crippen LogP) is 4.60. The Morgan fingerprint density at radius 2 is 2.08 bits per heavy atom. The largest absolute Gasteiger partial charge is 0.0654 e. The lowest BCUT2D eigenvalue weighted by atomic mass is 9.79. The minimum Gasteiger partial charge on any atom is -0.0654 e. The Balaban J connectivity index is 2.00. The Morgan fingerprint density at radius 3 is 2.54 bits per heavy atom. The van der Waals surface area contributed by atoms with E-state index in [0.717, 1.165) is 18.3 Å². The highest BCUT2D eigenvalue weighted by molar-refractivity contribution is 4.71. The quantitative estimate of drug-likeness (QED) is 0.538. The minimum absolute atomic E-state index is 0.931. The fraction of sp³-hybridized carbons (Fsp3) is 0.923. The second-order valence-electron chi connectivity index (χ2n) is 4.67. The number of hydrogen-bond acceptors (Lipinski definition) is 0. The van der Waals surface area contributed by atoms with E-state index >= 15 is 0 Å². The zero-order chi connectivity index (χ0) is 9.52. The van der Waals surface area contributed by atoms with Gasteiger partial charge in [-0.25, -0.2) is 0 Å². The summed E-state index contributed by atoms with van der Waals surface area (Å²) in [6.07, 6.45) is 12.8. The van der Waals surface area contributed by atoms with Crippen molar-refractivity contribution in [2.24, 2.45) is 11.8 Å². The van der Waals surface area contributed by atoms with Gasteiger partial charge in [0.1, 0.15) is 0 Å². The Morgan fingerprint density at radius 1 is 1.31 bits per heavy atom. The lowest BCUT2D eigenvalue weighted by molar-refractivity contribution is 0.264. The lowest BCUT2D eigenvalue weighted by Crippen LogP contribution is -2.12. The smallest absolute Gasteiger partial charge is 0.0414 e. The molecule has 0 nitrogen and oxygen atoms in total. The average Bonchev–Trinajstić information content (AvgIpc) is 2.08. The highest BCUT2D eigenvalue weighted by Crippen LogP contribution is 2.32. The molecular formula is C13H25. The Kier molecular flexibility index (Phi) is 5.50. The van der Waals surface area contributed by atoms with E-state index in [1.165, 1.54) is 51.4 Å². The monoisotopic (exact) mass is 181 g/mol. The molecule has 13 heavy (non-hydrogen) atoms. The third-order valence-corrected chi connectivity index (χ3v) is 3.58. The van der Waals surface area contributed by atoms with Gasteiger partial charge in [0, 0.05) is 0 Å². The van der Waals surface area contributed by atoms with Crippen molar-refractivity contribution in [1.29, 1.82) is 0 Å². The summed E-state index contributed by atoms with van der Waals surface area (Å²) < 4.78 is 0. The molecule has 1 saturated carbocycles. The second kappa shape index (κ2) is 6.45. The summed E-state index contributed by atoms with van der Waals surface area (Å²) in [6, 6.07) is 0. The molecule has 0 aromatic carbocycles. The molecule has 0 N–H and O–H groups in total. The van der Waals surface area contributed by atoms with E-state index in [9.17, 15) is 0 Å². The first kappa shape index (κ1) is 11.1. The molecular weight excluding hydrogens is 156 g/mol. The van der Waals surface area contributed by atoms with E-state index in [2.05, 4.69) is 13.8 Å². The van der Waals surface area contributed by atoms with E-state index in [-0.39, 0.29) is 0 Å². The SMILES string of the molecule is [CH2]CC(CCCC)CCC1CCC1. The van der Waals surface area contributed by atoms with Gasteiger partial charge in [-0.1, -0.05) is 71.6 Å². The van der Waals surface area contributed by atoms with Crippen LogP contribution in [0.15, 0.2) is 0 Å². The average molecular weight is 181 g/mol. The molecule has 1 atom stereocenters. The third kappa shape index (κ3) is 4.15. The van der Waals surface area contributed by atoms with E-state index in [1.54, 1.807) is 0 Å². The zero-order valence-corrected chi connectivity index (χ0v) is 9.23. The molecule has 0 aliphatic heterocycles. The molecule has 77 valence electrons. The molecule has 1 fully saturated rings. The first-order valence-electron chi connectivity index (χ1n) is 6.16. The van der Waals surface area contributed by atoms with Crippen molar-refractivity contribution in [2.75, 3.05) is 0 Å². The van der Waals surface area contributed by atoms with Gasteiger partial charge in [-0.3, -0.25) is 0 Å². The first-order valence-corrected chi connectivity index (χ1v) is 6.16. The van der Waals surface area contributed by atoms with Crippen molar-refractivity contribution in [1.82, 2.24) is 0 Å². The molecule has 1 radical (unpaired) electrons. The first-order chi connectivity index (χ1) is 6.36. The second-order valence-corrected chi connectivity index (χ2v) is 4.67. The van der Waals surface area contributed by atoms with Crippen molar-refractivity contribution in [3.8, 4) is 0 Å². The summed E-state index contributed by atoms with van der Waals surface area (Å²) >= 11 is 0. The highest BCUT2D eigenvalue weighted by Gasteiger charge is 2.18. The van der Waals surface area contributed by atoms with Crippen LogP contribution >= 0.6 is 0 Å². The Bertz CT molecular complexity index is 113. The van der Waals surface area contributed by atoms with Gasteiger partial charge < -0.3 is 0 Å². The van der Waals surface area contributed by atoms with Crippen LogP contribution < -0.4 is 0 Å². The van der Waals surface area contributed by atoms with Crippen molar-refractivity contribution >= 4 is 0 Å². The number of rotatable bonds is 7. The number of unbranched alkanes of at least 4 members (excludes halogenated alkanes) is 1. The summed E-state index contributed by atoms with van der Waals surface area (Å²) in [6.45, 7) is 6.34. The summed E-state index contributed by atoms with van der Waals surface area (Å²) in [7, 11) is 0. The van der Waals surface area contributed by atoms with Crippen molar-refractivity contribution < 1.29 is 0 Å². The van der Waals surface area contributed by atoms with Crippen LogP contribution in [0.4, 0.5) is 0 Å². The molecule has 0 aromatic rings. The normalized spacial score (nSPS) is 19.8. The molecule has 0 bridgehead atoms. The molecule has 0 heteroatoms. The van der Waals surface area contributed by atoms with Gasteiger partial charge in [-0.2, -0.15) is 0 Å². The van der Waals surface area contributed by atoms with Crippen LogP contribution in [0.2, 0.25) is 0 Å². The zero-order valence-electron chi connectivity index (χ0n) is 9.23. The third-order valence-electron chi connectivity index (χ3n) is 3.58. The minimum atomic E-state index is 0.931. The highest BCUT2D eigenvalue weighted by atomic mass is 14.2. The summed E-state index contributed by atoms with van der Waals surface area (Å²) in [5.41, 5.74) is 0. The van der Waals surface area contributed by atoms with Crippen molar-refractivity contribution in [2.45, 2.75) is 64.7 Å². The Labute approximate surface area is 84.1 Å². The van der Waals surface area contributed by atoms with Gasteiger partial charge in [0.15, 0.2) is 0 Å². The fourth-order valence-corrected chi connectivity index (χ4v) is 2.18. The van der Waals surface area contributed by atoms with Gasteiger partial charge in [0.2, 0.25) is 0 Å². The molecule has 1 unspecified atom stereocenters. The predicted molar refractivity (Wildman–Crippen MR) is 59.6 cm³/mol. The molecule has 0 saturated heterocycles. The van der Waals surface area contributed by atoms with E-state index in [0.29, 0.717) is 0 Å². The van der Waals surface area contributed by atoms with Crippen molar-refractivity contribution in [3.05, 3.63) is 6.92 Å². The van der Waals surface area contributed by atoms with Crippen LogP contribution in [-0.2, 0) is 0 Å². The van der Waals surface area contributed by atoms with E-state index < -0.39 is 0 Å².